The fourth-order valence-electron chi connectivity index (χ4n) is 1.77. The monoisotopic (exact) mass is 287 g/mol. The molecule has 0 aliphatic heterocycles. The second-order valence-corrected chi connectivity index (χ2v) is 4.93. The summed E-state index contributed by atoms with van der Waals surface area (Å²) in [6.07, 6.45) is 0. The van der Waals surface area contributed by atoms with E-state index in [2.05, 4.69) is 20.5 Å². The second-order valence-electron chi connectivity index (χ2n) is 4.93. The van der Waals surface area contributed by atoms with Crippen LogP contribution in [0.2, 0.25) is 0 Å². The number of hydrogen-bond acceptors (Lipinski definition) is 4. The molecule has 0 aliphatic carbocycles. The number of H-pyrrole nitrogens is 1. The molecule has 110 valence electrons. The molecule has 2 amide bonds. The number of anilines is 1. The average Bonchev–Trinajstić information content (AvgIpc) is 2.87. The highest BCUT2D eigenvalue weighted by Gasteiger charge is 2.15. The van der Waals surface area contributed by atoms with Gasteiger partial charge < -0.3 is 10.2 Å². The van der Waals surface area contributed by atoms with E-state index in [-0.39, 0.29) is 11.7 Å². The van der Waals surface area contributed by atoms with Gasteiger partial charge in [-0.3, -0.25) is 14.7 Å². The molecule has 1 aromatic heterocycles. The highest BCUT2D eigenvalue weighted by Crippen LogP contribution is 2.18. The molecule has 2 rings (SSSR count). The van der Waals surface area contributed by atoms with Crippen molar-refractivity contribution >= 4 is 17.5 Å². The maximum Gasteiger partial charge on any atom is 0.295 e. The van der Waals surface area contributed by atoms with Gasteiger partial charge in [-0.05, 0) is 31.5 Å². The Balaban J connectivity index is 2.25. The van der Waals surface area contributed by atoms with Gasteiger partial charge >= 0.3 is 0 Å². The van der Waals surface area contributed by atoms with Crippen LogP contribution in [0.1, 0.15) is 32.4 Å². The summed E-state index contributed by atoms with van der Waals surface area (Å²) in [5.41, 5.74) is 1.92. The second kappa shape index (κ2) is 5.74. The SMILES string of the molecule is Cc1nc(C(=O)Nc2cc(C(=O)N(C)C)ccc2C)n[nH]1. The number of nitrogens with zero attached hydrogens (tertiary/aromatic N) is 3. The molecule has 0 atom stereocenters. The highest BCUT2D eigenvalue weighted by molar-refractivity contribution is 6.03. The van der Waals surface area contributed by atoms with Crippen molar-refractivity contribution in [2.24, 2.45) is 0 Å². The molecule has 7 heteroatoms. The molecule has 0 saturated carbocycles. The van der Waals surface area contributed by atoms with Crippen LogP contribution in [0.4, 0.5) is 5.69 Å². The number of carbonyl (C=O) groups excluding carboxylic acids is 2. The minimum absolute atomic E-state index is 0.0660. The van der Waals surface area contributed by atoms with Crippen molar-refractivity contribution in [2.45, 2.75) is 13.8 Å². The quantitative estimate of drug-likeness (QED) is 0.892. The van der Waals surface area contributed by atoms with Crippen molar-refractivity contribution in [1.29, 1.82) is 0 Å². The Kier molecular flexibility index (Phi) is 4.02. The van der Waals surface area contributed by atoms with Crippen LogP contribution < -0.4 is 5.32 Å². The van der Waals surface area contributed by atoms with Crippen LogP contribution in [-0.4, -0.2) is 46.0 Å². The van der Waals surface area contributed by atoms with Crippen molar-refractivity contribution < 1.29 is 9.59 Å². The van der Waals surface area contributed by atoms with Crippen LogP contribution in [-0.2, 0) is 0 Å². The normalized spacial score (nSPS) is 10.3. The molecule has 21 heavy (non-hydrogen) atoms. The number of nitrogens with one attached hydrogen (secondary N) is 2. The molecular weight excluding hydrogens is 270 g/mol. The molecule has 0 fully saturated rings. The molecule has 2 N–H and O–H groups in total. The van der Waals surface area contributed by atoms with E-state index >= 15 is 0 Å². The molecular formula is C14H17N5O2. The summed E-state index contributed by atoms with van der Waals surface area (Å²) < 4.78 is 0. The maximum atomic E-state index is 12.0. The lowest BCUT2D eigenvalue weighted by Crippen LogP contribution is -2.22. The minimum atomic E-state index is -0.420. The number of aromatic nitrogens is 3. The van der Waals surface area contributed by atoms with Crippen molar-refractivity contribution in [3.05, 3.63) is 41.0 Å². The lowest BCUT2D eigenvalue weighted by atomic mass is 10.1. The minimum Gasteiger partial charge on any atom is -0.345 e. The van der Waals surface area contributed by atoms with E-state index in [0.717, 1.165) is 5.56 Å². The first-order valence-corrected chi connectivity index (χ1v) is 6.41. The summed E-state index contributed by atoms with van der Waals surface area (Å²) in [6, 6.07) is 5.16. The van der Waals surface area contributed by atoms with Crippen LogP contribution in [0.25, 0.3) is 0 Å². The Bertz CT molecular complexity index is 690. The molecule has 0 saturated heterocycles. The Labute approximate surface area is 122 Å². The lowest BCUT2D eigenvalue weighted by Gasteiger charge is -2.13. The van der Waals surface area contributed by atoms with Gasteiger partial charge in [-0.15, -0.1) is 5.10 Å². The van der Waals surface area contributed by atoms with Gasteiger partial charge in [-0.2, -0.15) is 0 Å². The summed E-state index contributed by atoms with van der Waals surface area (Å²) in [4.78, 5) is 29.4. The number of amides is 2. The Morgan fingerprint density at radius 2 is 1.95 bits per heavy atom. The van der Waals surface area contributed by atoms with Crippen molar-refractivity contribution in [1.82, 2.24) is 20.1 Å². The lowest BCUT2D eigenvalue weighted by molar-refractivity contribution is 0.0827. The predicted octanol–water partition coefficient (Wildman–Crippen LogP) is 1.38. The molecule has 2 aromatic rings. The van der Waals surface area contributed by atoms with Crippen LogP contribution in [0, 0.1) is 13.8 Å². The molecule has 1 aromatic carbocycles. The Morgan fingerprint density at radius 1 is 1.24 bits per heavy atom. The van der Waals surface area contributed by atoms with E-state index in [0.29, 0.717) is 17.1 Å². The van der Waals surface area contributed by atoms with Crippen LogP contribution >= 0.6 is 0 Å². The van der Waals surface area contributed by atoms with E-state index in [1.165, 1.54) is 4.90 Å². The van der Waals surface area contributed by atoms with Crippen LogP contribution in [0.5, 0.6) is 0 Å². The fourth-order valence-corrected chi connectivity index (χ4v) is 1.77. The molecule has 0 bridgehead atoms. The summed E-state index contributed by atoms with van der Waals surface area (Å²) in [7, 11) is 3.35. The molecule has 1 heterocycles. The number of rotatable bonds is 3. The zero-order valence-electron chi connectivity index (χ0n) is 12.4. The van der Waals surface area contributed by atoms with E-state index in [1.54, 1.807) is 39.2 Å². The van der Waals surface area contributed by atoms with Crippen LogP contribution in [0.3, 0.4) is 0 Å². The third kappa shape index (κ3) is 3.25. The molecule has 0 radical (unpaired) electrons. The van der Waals surface area contributed by atoms with E-state index < -0.39 is 5.91 Å². The Morgan fingerprint density at radius 3 is 2.52 bits per heavy atom. The molecule has 0 aliphatic rings. The van der Waals surface area contributed by atoms with Gasteiger partial charge in [0.2, 0.25) is 5.82 Å². The highest BCUT2D eigenvalue weighted by atomic mass is 16.2. The zero-order chi connectivity index (χ0) is 15.6. The number of carbonyl (C=O) groups is 2. The number of hydrogen-bond donors (Lipinski definition) is 2. The molecule has 0 spiro atoms. The van der Waals surface area contributed by atoms with Gasteiger partial charge in [-0.1, -0.05) is 6.07 Å². The zero-order valence-corrected chi connectivity index (χ0v) is 12.4. The summed E-state index contributed by atoms with van der Waals surface area (Å²) in [6.45, 7) is 3.56. The van der Waals surface area contributed by atoms with Gasteiger partial charge in [0.05, 0.1) is 0 Å². The first-order chi connectivity index (χ1) is 9.88. The van der Waals surface area contributed by atoms with E-state index in [1.807, 2.05) is 6.92 Å². The first-order valence-electron chi connectivity index (χ1n) is 6.41. The van der Waals surface area contributed by atoms with Gasteiger partial charge in [0.25, 0.3) is 11.8 Å². The predicted molar refractivity (Wildman–Crippen MR) is 78.3 cm³/mol. The van der Waals surface area contributed by atoms with Gasteiger partial charge in [0.15, 0.2) is 0 Å². The van der Waals surface area contributed by atoms with Crippen LogP contribution in [0.15, 0.2) is 18.2 Å². The number of benzene rings is 1. The van der Waals surface area contributed by atoms with Crippen molar-refractivity contribution in [3.8, 4) is 0 Å². The smallest absolute Gasteiger partial charge is 0.295 e. The summed E-state index contributed by atoms with van der Waals surface area (Å²) >= 11 is 0. The summed E-state index contributed by atoms with van der Waals surface area (Å²) in [5.74, 6) is 0.0841. The molecule has 7 nitrogen and oxygen atoms in total. The number of aryl methyl sites for hydroxylation is 2. The van der Waals surface area contributed by atoms with Gasteiger partial charge in [0, 0.05) is 25.3 Å². The fraction of sp³-hybridized carbons (Fsp3) is 0.286. The standard InChI is InChI=1S/C14H17N5O2/c1-8-5-6-10(14(21)19(3)4)7-11(8)16-13(20)12-15-9(2)17-18-12/h5-7H,1-4H3,(H,16,20)(H,15,17,18). The number of aromatic amines is 1. The van der Waals surface area contributed by atoms with E-state index in [4.69, 9.17) is 0 Å². The van der Waals surface area contributed by atoms with Crippen molar-refractivity contribution in [2.75, 3.05) is 19.4 Å². The average molecular weight is 287 g/mol. The van der Waals surface area contributed by atoms with Gasteiger partial charge in [-0.25, -0.2) is 4.98 Å². The first kappa shape index (κ1) is 14.7. The molecule has 0 unspecified atom stereocenters. The Hall–Kier alpha value is -2.70. The van der Waals surface area contributed by atoms with Crippen molar-refractivity contribution in [3.63, 3.8) is 0 Å². The summed E-state index contributed by atoms with van der Waals surface area (Å²) in [5, 5.41) is 9.14. The third-order valence-electron chi connectivity index (χ3n) is 2.94. The van der Waals surface area contributed by atoms with E-state index in [9.17, 15) is 9.59 Å². The van der Waals surface area contributed by atoms with Gasteiger partial charge in [0.1, 0.15) is 5.82 Å². The third-order valence-corrected chi connectivity index (χ3v) is 2.94. The maximum absolute atomic E-state index is 12.0. The largest absolute Gasteiger partial charge is 0.345 e. The topological polar surface area (TPSA) is 91.0 Å².